The van der Waals surface area contributed by atoms with E-state index in [-0.39, 0.29) is 36.6 Å². The lowest BCUT2D eigenvalue weighted by atomic mass is 9.99. The first-order chi connectivity index (χ1) is 16.4. The summed E-state index contributed by atoms with van der Waals surface area (Å²) >= 11 is 0. The predicted octanol–water partition coefficient (Wildman–Crippen LogP) is 4.05. The van der Waals surface area contributed by atoms with E-state index in [2.05, 4.69) is 4.57 Å². The van der Waals surface area contributed by atoms with Crippen molar-refractivity contribution in [1.29, 1.82) is 0 Å². The van der Waals surface area contributed by atoms with Gasteiger partial charge in [0.15, 0.2) is 0 Å². The number of hydrogen-bond donors (Lipinski definition) is 0. The van der Waals surface area contributed by atoms with Crippen LogP contribution in [-0.4, -0.2) is 52.4 Å². The SMILES string of the molecule is COc1ccc(CC(=O)N(CC(=O)N2CCn3cccc3[C@@H]2c2cccc(F)c2)C(C)C)cc1. The van der Waals surface area contributed by atoms with Gasteiger partial charge in [-0.05, 0) is 61.4 Å². The zero-order valence-electron chi connectivity index (χ0n) is 19.8. The molecule has 2 amide bonds. The number of nitrogens with zero attached hydrogens (tertiary/aromatic N) is 3. The molecule has 2 aromatic carbocycles. The Morgan fingerprint density at radius 3 is 2.53 bits per heavy atom. The summed E-state index contributed by atoms with van der Waals surface area (Å²) in [5, 5.41) is 0. The van der Waals surface area contributed by atoms with Gasteiger partial charge in [0.25, 0.3) is 0 Å². The Morgan fingerprint density at radius 2 is 1.85 bits per heavy atom. The smallest absolute Gasteiger partial charge is 0.243 e. The Bertz CT molecular complexity index is 1160. The average Bonchev–Trinajstić information content (AvgIpc) is 3.31. The lowest BCUT2D eigenvalue weighted by molar-refractivity contribution is -0.143. The topological polar surface area (TPSA) is 54.8 Å². The molecule has 0 spiro atoms. The number of carbonyl (C=O) groups excluding carboxylic acids is 2. The Morgan fingerprint density at radius 1 is 1.09 bits per heavy atom. The van der Waals surface area contributed by atoms with Crippen molar-refractivity contribution in [3.8, 4) is 5.75 Å². The van der Waals surface area contributed by atoms with Crippen LogP contribution in [0, 0.1) is 5.82 Å². The van der Waals surface area contributed by atoms with Gasteiger partial charge < -0.3 is 19.1 Å². The summed E-state index contributed by atoms with van der Waals surface area (Å²) in [7, 11) is 1.60. The Kier molecular flexibility index (Phi) is 7.01. The predicted molar refractivity (Wildman–Crippen MR) is 128 cm³/mol. The maximum atomic E-state index is 14.1. The molecule has 0 fully saturated rings. The first-order valence-electron chi connectivity index (χ1n) is 11.5. The van der Waals surface area contributed by atoms with E-state index in [9.17, 15) is 14.0 Å². The van der Waals surface area contributed by atoms with Gasteiger partial charge in [0.05, 0.1) is 19.6 Å². The molecule has 4 rings (SSSR count). The number of halogens is 1. The van der Waals surface area contributed by atoms with Crippen LogP contribution in [-0.2, 0) is 22.6 Å². The molecule has 1 aliphatic rings. The van der Waals surface area contributed by atoms with Crippen molar-refractivity contribution in [3.05, 3.63) is 89.5 Å². The molecule has 0 radical (unpaired) electrons. The van der Waals surface area contributed by atoms with Crippen molar-refractivity contribution < 1.29 is 18.7 Å². The van der Waals surface area contributed by atoms with Gasteiger partial charge in [0.2, 0.25) is 11.8 Å². The van der Waals surface area contributed by atoms with Crippen molar-refractivity contribution in [1.82, 2.24) is 14.4 Å². The minimum Gasteiger partial charge on any atom is -0.497 e. The highest BCUT2D eigenvalue weighted by atomic mass is 19.1. The van der Waals surface area contributed by atoms with Gasteiger partial charge in [-0.15, -0.1) is 0 Å². The third kappa shape index (κ3) is 4.98. The number of hydrogen-bond acceptors (Lipinski definition) is 3. The van der Waals surface area contributed by atoms with E-state index in [4.69, 9.17) is 4.74 Å². The van der Waals surface area contributed by atoms with E-state index < -0.39 is 6.04 Å². The fourth-order valence-corrected chi connectivity index (χ4v) is 4.49. The number of benzene rings is 2. The van der Waals surface area contributed by atoms with Crippen molar-refractivity contribution in [2.45, 2.75) is 38.9 Å². The first kappa shape index (κ1) is 23.5. The molecule has 0 bridgehead atoms. The first-order valence-corrected chi connectivity index (χ1v) is 11.5. The van der Waals surface area contributed by atoms with Gasteiger partial charge in [-0.2, -0.15) is 0 Å². The van der Waals surface area contributed by atoms with E-state index in [1.807, 2.05) is 62.5 Å². The highest BCUT2D eigenvalue weighted by Gasteiger charge is 2.34. The second-order valence-corrected chi connectivity index (χ2v) is 8.81. The molecule has 2 heterocycles. The van der Waals surface area contributed by atoms with Gasteiger partial charge >= 0.3 is 0 Å². The number of fused-ring (bicyclic) bond motifs is 1. The maximum Gasteiger partial charge on any atom is 0.243 e. The van der Waals surface area contributed by atoms with E-state index in [1.165, 1.54) is 12.1 Å². The molecule has 34 heavy (non-hydrogen) atoms. The van der Waals surface area contributed by atoms with Gasteiger partial charge in [0, 0.05) is 31.0 Å². The van der Waals surface area contributed by atoms with Crippen molar-refractivity contribution in [2.75, 3.05) is 20.2 Å². The number of ether oxygens (including phenoxy) is 1. The Hall–Kier alpha value is -3.61. The molecule has 1 aromatic heterocycles. The van der Waals surface area contributed by atoms with Gasteiger partial charge in [-0.25, -0.2) is 4.39 Å². The fraction of sp³-hybridized carbons (Fsp3) is 0.333. The quantitative estimate of drug-likeness (QED) is 0.531. The summed E-state index contributed by atoms with van der Waals surface area (Å²) in [6.07, 6.45) is 2.17. The van der Waals surface area contributed by atoms with Crippen molar-refractivity contribution in [3.63, 3.8) is 0 Å². The molecule has 1 atom stereocenters. The summed E-state index contributed by atoms with van der Waals surface area (Å²) in [4.78, 5) is 30.1. The van der Waals surface area contributed by atoms with Crippen LogP contribution in [0.1, 0.15) is 36.7 Å². The zero-order valence-corrected chi connectivity index (χ0v) is 19.8. The second kappa shape index (κ2) is 10.1. The molecular formula is C27H30FN3O3. The highest BCUT2D eigenvalue weighted by molar-refractivity contribution is 5.86. The summed E-state index contributed by atoms with van der Waals surface area (Å²) in [5.41, 5.74) is 2.51. The molecule has 0 aliphatic carbocycles. The standard InChI is InChI=1S/C27H30FN3O3/c1-19(2)31(25(32)16-20-9-11-23(34-3)12-10-20)18-26(33)30-15-14-29-13-5-8-24(29)27(30)21-6-4-7-22(28)17-21/h4-13,17,19,27H,14-16,18H2,1-3H3/t27-/m0/s1. The molecule has 7 heteroatoms. The molecule has 0 N–H and O–H groups in total. The van der Waals surface area contributed by atoms with Gasteiger partial charge in [-0.1, -0.05) is 24.3 Å². The molecule has 6 nitrogen and oxygen atoms in total. The fourth-order valence-electron chi connectivity index (χ4n) is 4.49. The minimum absolute atomic E-state index is 0.0286. The molecule has 178 valence electrons. The number of carbonyl (C=O) groups is 2. The van der Waals surface area contributed by atoms with Crippen LogP contribution >= 0.6 is 0 Å². The molecule has 0 unspecified atom stereocenters. The molecule has 3 aromatic rings. The van der Waals surface area contributed by atoms with Crippen molar-refractivity contribution >= 4 is 11.8 Å². The number of amides is 2. The summed E-state index contributed by atoms with van der Waals surface area (Å²) in [5.74, 6) is 0.118. The zero-order chi connectivity index (χ0) is 24.2. The normalized spacial score (nSPS) is 15.2. The lowest BCUT2D eigenvalue weighted by Crippen LogP contribution is -2.49. The van der Waals surface area contributed by atoms with Crippen molar-refractivity contribution in [2.24, 2.45) is 0 Å². The number of aromatic nitrogens is 1. The molecule has 0 saturated carbocycles. The Labute approximate surface area is 199 Å². The average molecular weight is 464 g/mol. The number of methoxy groups -OCH3 is 1. The summed E-state index contributed by atoms with van der Waals surface area (Å²) < 4.78 is 21.3. The van der Waals surface area contributed by atoms with Crippen LogP contribution in [0.25, 0.3) is 0 Å². The third-order valence-corrected chi connectivity index (χ3v) is 6.29. The third-order valence-electron chi connectivity index (χ3n) is 6.29. The second-order valence-electron chi connectivity index (χ2n) is 8.81. The van der Waals surface area contributed by atoms with E-state index in [0.29, 0.717) is 18.7 Å². The van der Waals surface area contributed by atoms with Crippen LogP contribution in [0.2, 0.25) is 0 Å². The largest absolute Gasteiger partial charge is 0.497 e. The van der Waals surface area contributed by atoms with Crippen LogP contribution in [0.15, 0.2) is 66.9 Å². The van der Waals surface area contributed by atoms with E-state index in [0.717, 1.165) is 17.0 Å². The Balaban J connectivity index is 1.55. The lowest BCUT2D eigenvalue weighted by Gasteiger charge is -2.39. The molecule has 1 aliphatic heterocycles. The van der Waals surface area contributed by atoms with E-state index in [1.54, 1.807) is 23.0 Å². The summed E-state index contributed by atoms with van der Waals surface area (Å²) in [6, 6.07) is 17.1. The highest BCUT2D eigenvalue weighted by Crippen LogP contribution is 2.33. The summed E-state index contributed by atoms with van der Waals surface area (Å²) in [6.45, 7) is 4.93. The molecular weight excluding hydrogens is 433 g/mol. The van der Waals surface area contributed by atoms with Gasteiger partial charge in [-0.3, -0.25) is 9.59 Å². The van der Waals surface area contributed by atoms with Crippen LogP contribution in [0.3, 0.4) is 0 Å². The number of rotatable bonds is 7. The molecule has 0 saturated heterocycles. The van der Waals surface area contributed by atoms with Crippen LogP contribution in [0.4, 0.5) is 4.39 Å². The van der Waals surface area contributed by atoms with Gasteiger partial charge in [0.1, 0.15) is 18.1 Å². The minimum atomic E-state index is -0.405. The monoisotopic (exact) mass is 463 g/mol. The van der Waals surface area contributed by atoms with Crippen LogP contribution < -0.4 is 4.74 Å². The maximum absolute atomic E-state index is 14.1. The van der Waals surface area contributed by atoms with Crippen LogP contribution in [0.5, 0.6) is 5.75 Å². The van der Waals surface area contributed by atoms with E-state index >= 15 is 0 Å².